The van der Waals surface area contributed by atoms with E-state index in [9.17, 15) is 4.39 Å². The van der Waals surface area contributed by atoms with E-state index in [1.54, 1.807) is 12.3 Å². The van der Waals surface area contributed by atoms with Crippen LogP contribution in [-0.4, -0.2) is 23.9 Å². The number of nitrogens with zero attached hydrogens (tertiary/aromatic N) is 1. The Morgan fingerprint density at radius 2 is 2.24 bits per heavy atom. The van der Waals surface area contributed by atoms with Crippen molar-refractivity contribution in [2.75, 3.05) is 19.5 Å². The number of halogens is 1. The monoisotopic (exact) mass is 291 g/mol. The maximum atomic E-state index is 14.3. The van der Waals surface area contributed by atoms with Crippen LogP contribution in [0.5, 0.6) is 5.75 Å². The fourth-order valence-corrected chi connectivity index (χ4v) is 2.67. The maximum Gasteiger partial charge on any atom is 0.142 e. The van der Waals surface area contributed by atoms with Gasteiger partial charge in [-0.25, -0.2) is 4.39 Å². The Bertz CT molecular complexity index is 636. The molecule has 0 spiro atoms. The van der Waals surface area contributed by atoms with Crippen molar-refractivity contribution in [1.82, 2.24) is 10.2 Å². The van der Waals surface area contributed by atoms with Gasteiger partial charge in [0, 0.05) is 30.0 Å². The summed E-state index contributed by atoms with van der Waals surface area (Å²) in [5, 5.41) is 7.05. The highest BCUT2D eigenvalue weighted by molar-refractivity contribution is 5.72. The summed E-state index contributed by atoms with van der Waals surface area (Å²) in [6, 6.07) is 2.87. The number of anilines is 1. The number of H-pyrrole nitrogens is 1. The molecule has 0 radical (unpaired) electrons. The van der Waals surface area contributed by atoms with E-state index in [-0.39, 0.29) is 11.8 Å². The molecule has 1 aliphatic rings. The number of aromatic amines is 1. The Kier molecular flexibility index (Phi) is 3.79. The molecule has 5 nitrogen and oxygen atoms in total. The van der Waals surface area contributed by atoms with Gasteiger partial charge in [-0.1, -0.05) is 0 Å². The topological polar surface area (TPSA) is 73.2 Å². The molecule has 0 saturated carbocycles. The molecule has 1 atom stereocenters. The summed E-state index contributed by atoms with van der Waals surface area (Å²) in [4.78, 5) is 0. The first-order valence-corrected chi connectivity index (χ1v) is 6.99. The van der Waals surface area contributed by atoms with Gasteiger partial charge in [0.2, 0.25) is 0 Å². The number of methoxy groups -OCH3 is 1. The third-order valence-corrected chi connectivity index (χ3v) is 3.76. The van der Waals surface area contributed by atoms with Crippen LogP contribution in [0.15, 0.2) is 18.3 Å². The van der Waals surface area contributed by atoms with Gasteiger partial charge >= 0.3 is 0 Å². The predicted octanol–water partition coefficient (Wildman–Crippen LogP) is 3.05. The molecular formula is C15H18FN3O2. The SMILES string of the molecule is COc1cc(-c2c[nH]nc2C2CCCCO2)c(F)cc1N. The van der Waals surface area contributed by atoms with E-state index in [0.29, 0.717) is 23.5 Å². The average molecular weight is 291 g/mol. The van der Waals surface area contributed by atoms with Gasteiger partial charge in [0.25, 0.3) is 0 Å². The number of nitrogen functional groups attached to an aromatic ring is 1. The minimum absolute atomic E-state index is 0.0945. The minimum atomic E-state index is -0.397. The fraction of sp³-hybridized carbons (Fsp3) is 0.400. The van der Waals surface area contributed by atoms with Crippen molar-refractivity contribution in [2.45, 2.75) is 25.4 Å². The lowest BCUT2D eigenvalue weighted by atomic mass is 9.98. The zero-order valence-electron chi connectivity index (χ0n) is 11.9. The van der Waals surface area contributed by atoms with Crippen LogP contribution in [0, 0.1) is 5.82 Å². The first kappa shape index (κ1) is 13.9. The number of hydrogen-bond acceptors (Lipinski definition) is 4. The number of nitrogens with one attached hydrogen (secondary N) is 1. The molecule has 2 aromatic rings. The van der Waals surface area contributed by atoms with Crippen LogP contribution in [0.3, 0.4) is 0 Å². The van der Waals surface area contributed by atoms with E-state index in [1.165, 1.54) is 13.2 Å². The lowest BCUT2D eigenvalue weighted by Crippen LogP contribution is -2.12. The summed E-state index contributed by atoms with van der Waals surface area (Å²) in [5.41, 5.74) is 7.84. The van der Waals surface area contributed by atoms with Crippen LogP contribution in [0.4, 0.5) is 10.1 Å². The molecule has 1 unspecified atom stereocenters. The quantitative estimate of drug-likeness (QED) is 0.852. The molecule has 21 heavy (non-hydrogen) atoms. The van der Waals surface area contributed by atoms with Crippen molar-refractivity contribution >= 4 is 5.69 Å². The van der Waals surface area contributed by atoms with Crippen molar-refractivity contribution in [3.63, 3.8) is 0 Å². The van der Waals surface area contributed by atoms with E-state index in [0.717, 1.165) is 25.0 Å². The van der Waals surface area contributed by atoms with E-state index >= 15 is 0 Å². The highest BCUT2D eigenvalue weighted by Crippen LogP contribution is 2.37. The molecule has 0 amide bonds. The molecule has 3 N–H and O–H groups in total. The predicted molar refractivity (Wildman–Crippen MR) is 77.5 cm³/mol. The lowest BCUT2D eigenvalue weighted by molar-refractivity contribution is 0.0126. The second-order valence-corrected chi connectivity index (χ2v) is 5.11. The van der Waals surface area contributed by atoms with Gasteiger partial charge in [0.1, 0.15) is 17.7 Å². The summed E-state index contributed by atoms with van der Waals surface area (Å²) in [5.74, 6) is 0.0508. The van der Waals surface area contributed by atoms with Crippen LogP contribution >= 0.6 is 0 Å². The molecule has 3 rings (SSSR count). The van der Waals surface area contributed by atoms with Crippen molar-refractivity contribution in [3.8, 4) is 16.9 Å². The zero-order chi connectivity index (χ0) is 14.8. The summed E-state index contributed by atoms with van der Waals surface area (Å²) >= 11 is 0. The van der Waals surface area contributed by atoms with Crippen LogP contribution < -0.4 is 10.5 Å². The standard InChI is InChI=1S/C15H18FN3O2/c1-20-14-6-9(11(16)7-12(14)17)10-8-18-19-15(10)13-4-2-3-5-21-13/h6-8,13H,2-5,17H2,1H3,(H,18,19). The Labute approximate surface area is 122 Å². The first-order valence-electron chi connectivity index (χ1n) is 6.99. The Hall–Kier alpha value is -2.08. The molecule has 1 aromatic carbocycles. The summed E-state index contributed by atoms with van der Waals surface area (Å²) in [6.45, 7) is 0.713. The zero-order valence-corrected chi connectivity index (χ0v) is 11.9. The number of benzene rings is 1. The molecule has 0 aliphatic carbocycles. The van der Waals surface area contributed by atoms with Gasteiger partial charge in [-0.3, -0.25) is 5.10 Å². The molecule has 0 bridgehead atoms. The van der Waals surface area contributed by atoms with Crippen LogP contribution in [0.2, 0.25) is 0 Å². The summed E-state index contributed by atoms with van der Waals surface area (Å²) < 4.78 is 25.2. The van der Waals surface area contributed by atoms with Gasteiger partial charge < -0.3 is 15.2 Å². The summed E-state index contributed by atoms with van der Waals surface area (Å²) in [7, 11) is 1.51. The van der Waals surface area contributed by atoms with Crippen molar-refractivity contribution in [3.05, 3.63) is 29.8 Å². The normalized spacial score (nSPS) is 18.7. The number of ether oxygens (including phenoxy) is 2. The second-order valence-electron chi connectivity index (χ2n) is 5.11. The van der Waals surface area contributed by atoms with Gasteiger partial charge in [0.05, 0.1) is 18.5 Å². The third-order valence-electron chi connectivity index (χ3n) is 3.76. The van der Waals surface area contributed by atoms with Gasteiger partial charge in [-0.2, -0.15) is 5.10 Å². The summed E-state index contributed by atoms with van der Waals surface area (Å²) in [6.07, 6.45) is 4.63. The number of aromatic nitrogens is 2. The number of hydrogen-bond donors (Lipinski definition) is 2. The maximum absolute atomic E-state index is 14.3. The van der Waals surface area contributed by atoms with Crippen LogP contribution in [0.25, 0.3) is 11.1 Å². The first-order chi connectivity index (χ1) is 10.2. The van der Waals surface area contributed by atoms with Gasteiger partial charge in [-0.05, 0) is 25.3 Å². The van der Waals surface area contributed by atoms with Crippen LogP contribution in [-0.2, 0) is 4.74 Å². The third kappa shape index (κ3) is 2.58. The van der Waals surface area contributed by atoms with Crippen molar-refractivity contribution in [1.29, 1.82) is 0 Å². The smallest absolute Gasteiger partial charge is 0.142 e. The Morgan fingerprint density at radius 1 is 1.38 bits per heavy atom. The van der Waals surface area contributed by atoms with Crippen LogP contribution in [0.1, 0.15) is 31.1 Å². The Balaban J connectivity index is 2.03. The number of rotatable bonds is 3. The lowest BCUT2D eigenvalue weighted by Gasteiger charge is -2.22. The largest absolute Gasteiger partial charge is 0.495 e. The Morgan fingerprint density at radius 3 is 2.95 bits per heavy atom. The van der Waals surface area contributed by atoms with E-state index in [1.807, 2.05) is 0 Å². The highest BCUT2D eigenvalue weighted by atomic mass is 19.1. The van der Waals surface area contributed by atoms with Crippen molar-refractivity contribution in [2.24, 2.45) is 0 Å². The van der Waals surface area contributed by atoms with E-state index in [4.69, 9.17) is 15.2 Å². The van der Waals surface area contributed by atoms with Gasteiger partial charge in [-0.15, -0.1) is 0 Å². The van der Waals surface area contributed by atoms with Gasteiger partial charge in [0.15, 0.2) is 0 Å². The minimum Gasteiger partial charge on any atom is -0.495 e. The molecular weight excluding hydrogens is 273 g/mol. The van der Waals surface area contributed by atoms with E-state index < -0.39 is 5.82 Å². The van der Waals surface area contributed by atoms with E-state index in [2.05, 4.69) is 10.2 Å². The molecule has 1 aromatic heterocycles. The molecule has 1 saturated heterocycles. The fourth-order valence-electron chi connectivity index (χ4n) is 2.67. The highest BCUT2D eigenvalue weighted by Gasteiger charge is 2.24. The second kappa shape index (κ2) is 5.73. The molecule has 112 valence electrons. The molecule has 1 fully saturated rings. The molecule has 6 heteroatoms. The number of nitrogens with two attached hydrogens (primary N) is 1. The molecule has 2 heterocycles. The van der Waals surface area contributed by atoms with Crippen molar-refractivity contribution < 1.29 is 13.9 Å². The average Bonchev–Trinajstić information content (AvgIpc) is 2.97. The molecule has 1 aliphatic heterocycles.